The number of benzene rings is 1. The molecular formula is C20H15ClN4O2S2. The summed E-state index contributed by atoms with van der Waals surface area (Å²) in [7, 11) is 1.57. The summed E-state index contributed by atoms with van der Waals surface area (Å²) in [6.07, 6.45) is 1.89. The molecule has 0 atom stereocenters. The highest BCUT2D eigenvalue weighted by Crippen LogP contribution is 2.31. The summed E-state index contributed by atoms with van der Waals surface area (Å²) < 4.78 is 5.16. The van der Waals surface area contributed by atoms with Gasteiger partial charge in [0.2, 0.25) is 5.91 Å². The molecule has 1 N–H and O–H groups in total. The van der Waals surface area contributed by atoms with E-state index in [-0.39, 0.29) is 12.3 Å². The maximum Gasteiger partial charge on any atom is 0.232 e. The summed E-state index contributed by atoms with van der Waals surface area (Å²) in [5.41, 5.74) is 3.09. The summed E-state index contributed by atoms with van der Waals surface area (Å²) in [5, 5.41) is 8.40. The van der Waals surface area contributed by atoms with E-state index in [9.17, 15) is 4.79 Å². The van der Waals surface area contributed by atoms with E-state index in [1.54, 1.807) is 25.4 Å². The van der Waals surface area contributed by atoms with Crippen LogP contribution < -0.4 is 10.1 Å². The van der Waals surface area contributed by atoms with Crippen molar-refractivity contribution < 1.29 is 9.53 Å². The molecular weight excluding hydrogens is 428 g/mol. The van der Waals surface area contributed by atoms with Gasteiger partial charge in [-0.25, -0.2) is 9.97 Å². The van der Waals surface area contributed by atoms with E-state index >= 15 is 0 Å². The van der Waals surface area contributed by atoms with Crippen LogP contribution in [0.3, 0.4) is 0 Å². The van der Waals surface area contributed by atoms with Crippen molar-refractivity contribution in [2.45, 2.75) is 6.42 Å². The topological polar surface area (TPSA) is 77.0 Å². The van der Waals surface area contributed by atoms with Gasteiger partial charge >= 0.3 is 0 Å². The zero-order chi connectivity index (χ0) is 20.2. The Balaban J connectivity index is 1.41. The van der Waals surface area contributed by atoms with Crippen LogP contribution in [-0.2, 0) is 11.2 Å². The normalized spacial score (nSPS) is 10.7. The van der Waals surface area contributed by atoms with Crippen LogP contribution in [0.15, 0.2) is 53.4 Å². The Morgan fingerprint density at radius 1 is 1.14 bits per heavy atom. The molecule has 0 radical (unpaired) electrons. The molecule has 0 saturated carbocycles. The number of ether oxygens (including phenoxy) is 1. The Morgan fingerprint density at radius 2 is 2.03 bits per heavy atom. The molecule has 0 fully saturated rings. The smallest absolute Gasteiger partial charge is 0.232 e. The Labute approximate surface area is 180 Å². The molecule has 4 aromatic rings. The molecule has 0 aliphatic carbocycles. The van der Waals surface area contributed by atoms with E-state index in [0.29, 0.717) is 21.6 Å². The lowest BCUT2D eigenvalue weighted by Gasteiger charge is -2.04. The number of anilines is 1. The fraction of sp³-hybridized carbons (Fsp3) is 0.100. The van der Waals surface area contributed by atoms with Crippen LogP contribution in [-0.4, -0.2) is 28.0 Å². The van der Waals surface area contributed by atoms with Gasteiger partial charge in [-0.2, -0.15) is 0 Å². The molecule has 0 saturated heterocycles. The summed E-state index contributed by atoms with van der Waals surface area (Å²) in [5.74, 6) is 0.434. The van der Waals surface area contributed by atoms with Gasteiger partial charge in [0.1, 0.15) is 10.8 Å². The maximum absolute atomic E-state index is 12.4. The molecule has 4 rings (SSSR count). The molecule has 0 aliphatic rings. The summed E-state index contributed by atoms with van der Waals surface area (Å²) in [6, 6.07) is 11.1. The standard InChI is InChI=1S/C20H15ClN4O2S2/c1-27-17-6-5-12(8-14(17)21)16-11-29-20(24-16)25-18(26)9-13-10-28-19(23-13)15-4-2-3-7-22-15/h2-8,10-11H,9H2,1H3,(H,24,25,26). The van der Waals surface area contributed by atoms with E-state index in [1.807, 2.05) is 35.0 Å². The first kappa shape index (κ1) is 19.5. The number of rotatable bonds is 6. The summed E-state index contributed by atoms with van der Waals surface area (Å²) >= 11 is 9.00. The van der Waals surface area contributed by atoms with Gasteiger partial charge in [-0.15, -0.1) is 22.7 Å². The van der Waals surface area contributed by atoms with E-state index in [0.717, 1.165) is 22.0 Å². The van der Waals surface area contributed by atoms with Crippen molar-refractivity contribution in [2.24, 2.45) is 0 Å². The van der Waals surface area contributed by atoms with Crippen LogP contribution in [0.2, 0.25) is 5.02 Å². The van der Waals surface area contributed by atoms with E-state index < -0.39 is 0 Å². The number of amides is 1. The minimum absolute atomic E-state index is 0.170. The van der Waals surface area contributed by atoms with Crippen LogP contribution in [0.5, 0.6) is 5.75 Å². The molecule has 3 heterocycles. The first-order chi connectivity index (χ1) is 14.1. The van der Waals surface area contributed by atoms with Crippen molar-refractivity contribution in [2.75, 3.05) is 12.4 Å². The number of pyridine rings is 1. The minimum Gasteiger partial charge on any atom is -0.495 e. The van der Waals surface area contributed by atoms with E-state index in [2.05, 4.69) is 20.3 Å². The fourth-order valence-electron chi connectivity index (χ4n) is 2.61. The minimum atomic E-state index is -0.170. The lowest BCUT2D eigenvalue weighted by atomic mass is 10.2. The molecule has 29 heavy (non-hydrogen) atoms. The third-order valence-corrected chi connectivity index (χ3v) is 5.94. The van der Waals surface area contributed by atoms with Crippen molar-refractivity contribution in [1.29, 1.82) is 0 Å². The number of aromatic nitrogens is 3. The number of thiazole rings is 2. The van der Waals surface area contributed by atoms with Crippen molar-refractivity contribution in [3.63, 3.8) is 0 Å². The first-order valence-electron chi connectivity index (χ1n) is 8.57. The fourth-order valence-corrected chi connectivity index (χ4v) is 4.40. The van der Waals surface area contributed by atoms with Crippen molar-refractivity contribution >= 4 is 45.3 Å². The number of hydrogen-bond acceptors (Lipinski definition) is 7. The Hall–Kier alpha value is -2.81. The van der Waals surface area contributed by atoms with Crippen LogP contribution in [0.25, 0.3) is 22.0 Å². The molecule has 1 amide bonds. The van der Waals surface area contributed by atoms with Gasteiger partial charge in [0.15, 0.2) is 5.13 Å². The van der Waals surface area contributed by atoms with Gasteiger partial charge in [-0.05, 0) is 30.3 Å². The number of nitrogens with zero attached hydrogens (tertiary/aromatic N) is 3. The second kappa shape index (κ2) is 8.69. The van der Waals surface area contributed by atoms with Gasteiger partial charge < -0.3 is 10.1 Å². The highest BCUT2D eigenvalue weighted by Gasteiger charge is 2.13. The Kier molecular flexibility index (Phi) is 5.84. The lowest BCUT2D eigenvalue weighted by Crippen LogP contribution is -2.14. The summed E-state index contributed by atoms with van der Waals surface area (Å²) in [6.45, 7) is 0. The monoisotopic (exact) mass is 442 g/mol. The summed E-state index contributed by atoms with van der Waals surface area (Å²) in [4.78, 5) is 25.6. The number of methoxy groups -OCH3 is 1. The van der Waals surface area contributed by atoms with E-state index in [1.165, 1.54) is 22.7 Å². The molecule has 1 aromatic carbocycles. The molecule has 0 spiro atoms. The van der Waals surface area contributed by atoms with Crippen molar-refractivity contribution in [3.8, 4) is 27.7 Å². The average Bonchev–Trinajstić information content (AvgIpc) is 3.38. The third-order valence-electron chi connectivity index (χ3n) is 3.98. The van der Waals surface area contributed by atoms with Crippen molar-refractivity contribution in [3.05, 3.63) is 64.1 Å². The van der Waals surface area contributed by atoms with Gasteiger partial charge in [0.05, 0.1) is 35.6 Å². The molecule has 146 valence electrons. The Morgan fingerprint density at radius 3 is 2.79 bits per heavy atom. The average molecular weight is 443 g/mol. The largest absolute Gasteiger partial charge is 0.495 e. The highest BCUT2D eigenvalue weighted by atomic mass is 35.5. The van der Waals surface area contributed by atoms with Crippen LogP contribution >= 0.6 is 34.3 Å². The van der Waals surface area contributed by atoms with Crippen LogP contribution in [0, 0.1) is 0 Å². The lowest BCUT2D eigenvalue weighted by molar-refractivity contribution is -0.115. The van der Waals surface area contributed by atoms with Gasteiger partial charge in [-0.3, -0.25) is 9.78 Å². The molecule has 0 aliphatic heterocycles. The number of nitrogens with one attached hydrogen (secondary N) is 1. The predicted octanol–water partition coefficient (Wildman–Crippen LogP) is 5.17. The zero-order valence-electron chi connectivity index (χ0n) is 15.3. The zero-order valence-corrected chi connectivity index (χ0v) is 17.6. The van der Waals surface area contributed by atoms with Gasteiger partial charge in [-0.1, -0.05) is 17.7 Å². The quantitative estimate of drug-likeness (QED) is 0.445. The maximum atomic E-state index is 12.4. The second-order valence-corrected chi connectivity index (χ2v) is 8.09. The predicted molar refractivity (Wildman–Crippen MR) is 117 cm³/mol. The number of carbonyl (C=O) groups is 1. The first-order valence-corrected chi connectivity index (χ1v) is 10.7. The Bertz CT molecular complexity index is 1140. The third kappa shape index (κ3) is 4.61. The van der Waals surface area contributed by atoms with Crippen molar-refractivity contribution in [1.82, 2.24) is 15.0 Å². The second-order valence-electron chi connectivity index (χ2n) is 5.97. The molecule has 6 nitrogen and oxygen atoms in total. The van der Waals surface area contributed by atoms with Gasteiger partial charge in [0, 0.05) is 22.5 Å². The van der Waals surface area contributed by atoms with Crippen LogP contribution in [0.1, 0.15) is 5.69 Å². The van der Waals surface area contributed by atoms with Crippen LogP contribution in [0.4, 0.5) is 5.13 Å². The molecule has 3 aromatic heterocycles. The SMILES string of the molecule is COc1ccc(-c2csc(NC(=O)Cc3csc(-c4ccccn4)n3)n2)cc1Cl. The van der Waals surface area contributed by atoms with Gasteiger partial charge in [0.25, 0.3) is 0 Å². The molecule has 0 bridgehead atoms. The number of halogens is 1. The number of hydrogen-bond donors (Lipinski definition) is 1. The molecule has 0 unspecified atom stereocenters. The van der Waals surface area contributed by atoms with E-state index in [4.69, 9.17) is 16.3 Å². The molecule has 9 heteroatoms. The number of carbonyl (C=O) groups excluding carboxylic acids is 1. The highest BCUT2D eigenvalue weighted by molar-refractivity contribution is 7.14.